The first-order valence-electron chi connectivity index (χ1n) is 6.10. The summed E-state index contributed by atoms with van der Waals surface area (Å²) in [5, 5.41) is 10.2. The molecule has 18 heavy (non-hydrogen) atoms. The molecule has 2 atom stereocenters. The van der Waals surface area contributed by atoms with Gasteiger partial charge in [-0.3, -0.25) is 0 Å². The Labute approximate surface area is 107 Å². The molecule has 2 rings (SSSR count). The second kappa shape index (κ2) is 5.33. The summed E-state index contributed by atoms with van der Waals surface area (Å²) in [6.45, 7) is 4.32. The predicted octanol–water partition coefficient (Wildman–Crippen LogP) is 1.94. The number of rotatable bonds is 4. The number of imidazole rings is 1. The van der Waals surface area contributed by atoms with Crippen molar-refractivity contribution in [3.8, 4) is 0 Å². The lowest BCUT2D eigenvalue weighted by Gasteiger charge is -2.12. The summed E-state index contributed by atoms with van der Waals surface area (Å²) in [5.74, 6) is 0.872. The first-order chi connectivity index (χ1) is 8.58. The molecule has 4 heteroatoms. The topological polar surface area (TPSA) is 64.1 Å². The third kappa shape index (κ3) is 2.78. The van der Waals surface area contributed by atoms with Crippen molar-refractivity contribution in [2.45, 2.75) is 32.5 Å². The fourth-order valence-electron chi connectivity index (χ4n) is 1.90. The Kier molecular flexibility index (Phi) is 3.79. The summed E-state index contributed by atoms with van der Waals surface area (Å²) in [4.78, 5) is 4.38. The summed E-state index contributed by atoms with van der Waals surface area (Å²) in [6, 6.07) is 9.54. The Morgan fingerprint density at radius 3 is 2.56 bits per heavy atom. The van der Waals surface area contributed by atoms with E-state index < -0.39 is 6.10 Å². The summed E-state index contributed by atoms with van der Waals surface area (Å²) < 4.78 is 1.94. The smallest absolute Gasteiger partial charge is 0.105 e. The van der Waals surface area contributed by atoms with E-state index >= 15 is 0 Å². The SMILES string of the molecule is Cc1nc([C@H](C)N)cn1CC(O)c1ccccc1. The molecule has 0 aliphatic rings. The van der Waals surface area contributed by atoms with E-state index in [1.807, 2.05) is 54.9 Å². The van der Waals surface area contributed by atoms with Crippen molar-refractivity contribution in [3.63, 3.8) is 0 Å². The van der Waals surface area contributed by atoms with Crippen LogP contribution in [0.1, 0.15) is 36.2 Å². The van der Waals surface area contributed by atoms with Gasteiger partial charge in [0.15, 0.2) is 0 Å². The molecule has 0 spiro atoms. The molecule has 0 saturated carbocycles. The molecule has 0 aliphatic carbocycles. The van der Waals surface area contributed by atoms with E-state index in [0.717, 1.165) is 17.1 Å². The number of nitrogens with zero attached hydrogens (tertiary/aromatic N) is 2. The van der Waals surface area contributed by atoms with Crippen LogP contribution in [0.2, 0.25) is 0 Å². The van der Waals surface area contributed by atoms with Gasteiger partial charge in [0.1, 0.15) is 5.82 Å². The monoisotopic (exact) mass is 245 g/mol. The molecule has 96 valence electrons. The molecule has 1 unspecified atom stereocenters. The van der Waals surface area contributed by atoms with E-state index in [2.05, 4.69) is 4.98 Å². The van der Waals surface area contributed by atoms with Crippen molar-refractivity contribution >= 4 is 0 Å². The number of aliphatic hydroxyl groups excluding tert-OH is 1. The zero-order valence-electron chi connectivity index (χ0n) is 10.7. The minimum absolute atomic E-state index is 0.0844. The van der Waals surface area contributed by atoms with Gasteiger partial charge in [-0.05, 0) is 19.4 Å². The van der Waals surface area contributed by atoms with Gasteiger partial charge < -0.3 is 15.4 Å². The van der Waals surface area contributed by atoms with Gasteiger partial charge in [0.25, 0.3) is 0 Å². The van der Waals surface area contributed by atoms with E-state index in [1.54, 1.807) is 0 Å². The number of hydrogen-bond acceptors (Lipinski definition) is 3. The third-order valence-corrected chi connectivity index (χ3v) is 3.02. The van der Waals surface area contributed by atoms with Gasteiger partial charge >= 0.3 is 0 Å². The molecule has 0 saturated heterocycles. The van der Waals surface area contributed by atoms with Crippen molar-refractivity contribution in [3.05, 3.63) is 53.6 Å². The van der Waals surface area contributed by atoms with Crippen LogP contribution in [0.15, 0.2) is 36.5 Å². The highest BCUT2D eigenvalue weighted by atomic mass is 16.3. The molecule has 1 aromatic heterocycles. The van der Waals surface area contributed by atoms with Gasteiger partial charge in [0.05, 0.1) is 18.3 Å². The molecule has 0 radical (unpaired) electrons. The summed E-state index contributed by atoms with van der Waals surface area (Å²) in [5.41, 5.74) is 7.56. The van der Waals surface area contributed by atoms with E-state index in [4.69, 9.17) is 5.73 Å². The van der Waals surface area contributed by atoms with E-state index in [1.165, 1.54) is 0 Å². The molecule has 0 amide bonds. The molecular formula is C14H19N3O. The van der Waals surface area contributed by atoms with Crippen LogP contribution in [0.4, 0.5) is 0 Å². The van der Waals surface area contributed by atoms with E-state index in [-0.39, 0.29) is 6.04 Å². The predicted molar refractivity (Wildman–Crippen MR) is 71.0 cm³/mol. The van der Waals surface area contributed by atoms with Crippen LogP contribution in [0.5, 0.6) is 0 Å². The lowest BCUT2D eigenvalue weighted by molar-refractivity contribution is 0.155. The second-order valence-electron chi connectivity index (χ2n) is 4.58. The van der Waals surface area contributed by atoms with Crippen LogP contribution < -0.4 is 5.73 Å². The van der Waals surface area contributed by atoms with E-state index in [9.17, 15) is 5.11 Å². The average molecular weight is 245 g/mol. The van der Waals surface area contributed by atoms with Crippen LogP contribution >= 0.6 is 0 Å². The van der Waals surface area contributed by atoms with Crippen LogP contribution in [0.3, 0.4) is 0 Å². The van der Waals surface area contributed by atoms with Crippen LogP contribution in [0.25, 0.3) is 0 Å². The highest BCUT2D eigenvalue weighted by Crippen LogP contribution is 2.17. The Morgan fingerprint density at radius 1 is 1.33 bits per heavy atom. The highest BCUT2D eigenvalue weighted by Gasteiger charge is 2.12. The maximum atomic E-state index is 10.2. The Hall–Kier alpha value is -1.65. The largest absolute Gasteiger partial charge is 0.387 e. The van der Waals surface area contributed by atoms with Gasteiger partial charge in [-0.1, -0.05) is 30.3 Å². The van der Waals surface area contributed by atoms with Crippen molar-refractivity contribution in [1.29, 1.82) is 0 Å². The fourth-order valence-corrected chi connectivity index (χ4v) is 1.90. The first kappa shape index (κ1) is 12.8. The fraction of sp³-hybridized carbons (Fsp3) is 0.357. The molecule has 3 N–H and O–H groups in total. The molecule has 1 heterocycles. The van der Waals surface area contributed by atoms with Gasteiger partial charge in [0, 0.05) is 12.2 Å². The van der Waals surface area contributed by atoms with Crippen molar-refractivity contribution in [2.24, 2.45) is 5.73 Å². The molecule has 2 aromatic rings. The Balaban J connectivity index is 2.14. The number of benzene rings is 1. The maximum Gasteiger partial charge on any atom is 0.105 e. The lowest BCUT2D eigenvalue weighted by Crippen LogP contribution is -2.09. The highest BCUT2D eigenvalue weighted by molar-refractivity contribution is 5.17. The molecular weight excluding hydrogens is 226 g/mol. The Bertz CT molecular complexity index is 505. The molecule has 1 aromatic carbocycles. The molecule has 0 bridgehead atoms. The van der Waals surface area contributed by atoms with Crippen LogP contribution in [-0.4, -0.2) is 14.7 Å². The Morgan fingerprint density at radius 2 is 2.00 bits per heavy atom. The van der Waals surface area contributed by atoms with E-state index in [0.29, 0.717) is 6.54 Å². The zero-order valence-corrected chi connectivity index (χ0v) is 10.7. The molecule has 4 nitrogen and oxygen atoms in total. The van der Waals surface area contributed by atoms with Crippen LogP contribution in [0, 0.1) is 6.92 Å². The minimum Gasteiger partial charge on any atom is -0.387 e. The lowest BCUT2D eigenvalue weighted by atomic mass is 10.1. The summed E-state index contributed by atoms with van der Waals surface area (Å²) in [7, 11) is 0. The van der Waals surface area contributed by atoms with Gasteiger partial charge in [-0.2, -0.15) is 0 Å². The standard InChI is InChI=1S/C14H19N3O/c1-10(15)13-8-17(11(2)16-13)9-14(18)12-6-4-3-5-7-12/h3-8,10,14,18H,9,15H2,1-2H3/t10-,14?/m0/s1. The summed E-state index contributed by atoms with van der Waals surface area (Å²) >= 11 is 0. The normalized spacial score (nSPS) is 14.4. The van der Waals surface area contributed by atoms with Crippen molar-refractivity contribution in [2.75, 3.05) is 0 Å². The minimum atomic E-state index is -0.528. The van der Waals surface area contributed by atoms with Gasteiger partial charge in [-0.15, -0.1) is 0 Å². The quantitative estimate of drug-likeness (QED) is 0.865. The van der Waals surface area contributed by atoms with Gasteiger partial charge in [0.2, 0.25) is 0 Å². The number of aromatic nitrogens is 2. The molecule has 0 fully saturated rings. The van der Waals surface area contributed by atoms with Crippen LogP contribution in [-0.2, 0) is 6.54 Å². The first-order valence-corrected chi connectivity index (χ1v) is 6.10. The number of aliphatic hydroxyl groups is 1. The van der Waals surface area contributed by atoms with Crippen molar-refractivity contribution < 1.29 is 5.11 Å². The summed E-state index contributed by atoms with van der Waals surface area (Å²) in [6.07, 6.45) is 1.38. The maximum absolute atomic E-state index is 10.2. The number of hydrogen-bond donors (Lipinski definition) is 2. The number of aryl methyl sites for hydroxylation is 1. The number of nitrogens with two attached hydrogens (primary N) is 1. The second-order valence-corrected chi connectivity index (χ2v) is 4.58. The van der Waals surface area contributed by atoms with Gasteiger partial charge in [-0.25, -0.2) is 4.98 Å². The molecule has 0 aliphatic heterocycles. The zero-order chi connectivity index (χ0) is 13.1. The van der Waals surface area contributed by atoms with Crippen molar-refractivity contribution in [1.82, 2.24) is 9.55 Å². The average Bonchev–Trinajstić information content (AvgIpc) is 2.72. The third-order valence-electron chi connectivity index (χ3n) is 3.02.